The number of alkyl halides is 6. The van der Waals surface area contributed by atoms with Crippen LogP contribution in [0.15, 0.2) is 71.6 Å². The van der Waals surface area contributed by atoms with Gasteiger partial charge >= 0.3 is 18.4 Å². The number of carbonyl (C=O) groups is 1. The van der Waals surface area contributed by atoms with Gasteiger partial charge in [-0.2, -0.15) is 26.3 Å². The summed E-state index contributed by atoms with van der Waals surface area (Å²) in [5.74, 6) is -2.24. The second-order valence-corrected chi connectivity index (χ2v) is 15.8. The maximum atomic E-state index is 14.6. The number of urea groups is 1. The highest BCUT2D eigenvalue weighted by atomic mass is 32.2. The van der Waals surface area contributed by atoms with E-state index in [2.05, 4.69) is 14.9 Å². The van der Waals surface area contributed by atoms with Gasteiger partial charge in [0, 0.05) is 43.3 Å². The van der Waals surface area contributed by atoms with Gasteiger partial charge in [0.1, 0.15) is 33.8 Å². The molecule has 55 heavy (non-hydrogen) atoms. The Morgan fingerprint density at radius 3 is 1.87 bits per heavy atom. The highest BCUT2D eigenvalue weighted by Gasteiger charge is 2.73. The highest BCUT2D eigenvalue weighted by Crippen LogP contribution is 2.54. The lowest BCUT2D eigenvalue weighted by Crippen LogP contribution is -2.56. The Morgan fingerprint density at radius 2 is 1.35 bits per heavy atom. The van der Waals surface area contributed by atoms with E-state index in [0.717, 1.165) is 42.5 Å². The minimum absolute atomic E-state index is 0.00400. The summed E-state index contributed by atoms with van der Waals surface area (Å²) in [4.78, 5) is 16.2. The summed E-state index contributed by atoms with van der Waals surface area (Å²) in [7, 11) is -4.63. The SMILES string of the molecule is Cc1nnc(C)n1C1CCN(C(=O)N2CC[C@](c3ccc(C(OCc4c(F)cccc4F)(C(F)(F)F)C(F)(F)F)cc3)(S(=O)(=O)c3ccc(F)cc3)C2)CC1. The molecule has 0 aliphatic carbocycles. The number of aromatic nitrogens is 3. The topological polar surface area (TPSA) is 97.6 Å². The molecule has 0 bridgehead atoms. The number of ether oxygens (including phenoxy) is 1. The van der Waals surface area contributed by atoms with Gasteiger partial charge < -0.3 is 19.1 Å². The Balaban J connectivity index is 1.35. The second-order valence-electron chi connectivity index (χ2n) is 13.5. The molecule has 0 saturated carbocycles. The minimum Gasteiger partial charge on any atom is -0.349 e. The molecule has 2 fully saturated rings. The number of sulfone groups is 1. The molecule has 2 aliphatic heterocycles. The summed E-state index contributed by atoms with van der Waals surface area (Å²) in [6, 6.07) is 7.62. The van der Waals surface area contributed by atoms with Crippen LogP contribution in [0.5, 0.6) is 0 Å². The third-order valence-corrected chi connectivity index (χ3v) is 12.9. The molecule has 3 heterocycles. The van der Waals surface area contributed by atoms with Gasteiger partial charge in [0.25, 0.3) is 5.60 Å². The van der Waals surface area contributed by atoms with Gasteiger partial charge in [0.05, 0.1) is 11.5 Å². The zero-order valence-electron chi connectivity index (χ0n) is 29.3. The lowest BCUT2D eigenvalue weighted by molar-refractivity contribution is -0.392. The molecule has 1 atom stereocenters. The van der Waals surface area contributed by atoms with Crippen molar-refractivity contribution in [2.45, 2.75) is 73.4 Å². The van der Waals surface area contributed by atoms with Gasteiger partial charge in [0.15, 0.2) is 9.84 Å². The predicted octanol–water partition coefficient (Wildman–Crippen LogP) is 7.68. The van der Waals surface area contributed by atoms with E-state index in [1.54, 1.807) is 0 Å². The molecule has 0 radical (unpaired) electrons. The van der Waals surface area contributed by atoms with Crippen molar-refractivity contribution in [2.24, 2.45) is 0 Å². The van der Waals surface area contributed by atoms with E-state index in [-0.39, 0.29) is 37.7 Å². The first kappa shape index (κ1) is 40.0. The number of halogens is 9. The molecule has 6 rings (SSSR count). The highest BCUT2D eigenvalue weighted by molar-refractivity contribution is 7.92. The summed E-state index contributed by atoms with van der Waals surface area (Å²) < 4.78 is 163. The molecule has 0 spiro atoms. The number of amides is 2. The van der Waals surface area contributed by atoms with Gasteiger partial charge in [0.2, 0.25) is 0 Å². The van der Waals surface area contributed by atoms with Crippen LogP contribution in [0, 0.1) is 31.3 Å². The Kier molecular flexibility index (Phi) is 10.5. The zero-order chi connectivity index (χ0) is 40.1. The van der Waals surface area contributed by atoms with Crippen molar-refractivity contribution in [1.29, 1.82) is 0 Å². The van der Waals surface area contributed by atoms with Crippen molar-refractivity contribution in [2.75, 3.05) is 26.2 Å². The first-order valence-electron chi connectivity index (χ1n) is 17.0. The molecular formula is C36H34F9N5O4S. The van der Waals surface area contributed by atoms with Crippen molar-refractivity contribution < 1.29 is 57.5 Å². The van der Waals surface area contributed by atoms with Crippen LogP contribution >= 0.6 is 0 Å². The number of likely N-dealkylation sites (tertiary alicyclic amines) is 2. The van der Waals surface area contributed by atoms with Crippen molar-refractivity contribution in [3.05, 3.63) is 113 Å². The van der Waals surface area contributed by atoms with Crippen molar-refractivity contribution in [3.8, 4) is 0 Å². The van der Waals surface area contributed by atoms with Crippen LogP contribution in [0.4, 0.5) is 44.3 Å². The molecule has 0 N–H and O–H groups in total. The van der Waals surface area contributed by atoms with Crippen LogP contribution < -0.4 is 0 Å². The largest absolute Gasteiger partial charge is 0.430 e. The lowest BCUT2D eigenvalue weighted by Gasteiger charge is -2.38. The number of piperidine rings is 1. The third-order valence-electron chi connectivity index (χ3n) is 10.4. The van der Waals surface area contributed by atoms with Crippen LogP contribution in [0.25, 0.3) is 0 Å². The van der Waals surface area contributed by atoms with Gasteiger partial charge in [-0.25, -0.2) is 26.4 Å². The fourth-order valence-corrected chi connectivity index (χ4v) is 9.59. The zero-order valence-corrected chi connectivity index (χ0v) is 30.1. The molecule has 2 saturated heterocycles. The smallest absolute Gasteiger partial charge is 0.349 e. The van der Waals surface area contributed by atoms with Gasteiger partial charge in [-0.1, -0.05) is 30.3 Å². The Bertz CT molecular complexity index is 2100. The molecule has 1 aromatic heterocycles. The molecular weight excluding hydrogens is 769 g/mol. The minimum atomic E-state index is -6.23. The van der Waals surface area contributed by atoms with Gasteiger partial charge in [-0.05, 0) is 75.1 Å². The average Bonchev–Trinajstić information content (AvgIpc) is 3.73. The number of hydrogen-bond acceptors (Lipinski definition) is 6. The Morgan fingerprint density at radius 1 is 0.800 bits per heavy atom. The molecule has 9 nitrogen and oxygen atoms in total. The molecule has 19 heteroatoms. The maximum Gasteiger partial charge on any atom is 0.430 e. The van der Waals surface area contributed by atoms with E-state index in [1.807, 2.05) is 18.4 Å². The molecule has 4 aromatic rings. The summed E-state index contributed by atoms with van der Waals surface area (Å²) in [5, 5.41) is 8.16. The molecule has 296 valence electrons. The van der Waals surface area contributed by atoms with Crippen molar-refractivity contribution in [3.63, 3.8) is 0 Å². The normalized spacial score (nSPS) is 19.0. The van der Waals surface area contributed by atoms with E-state index in [0.29, 0.717) is 48.8 Å². The number of nitrogens with zero attached hydrogens (tertiary/aromatic N) is 5. The van der Waals surface area contributed by atoms with Crippen LogP contribution in [0.1, 0.15) is 53.6 Å². The number of rotatable bonds is 8. The first-order chi connectivity index (χ1) is 25.7. The van der Waals surface area contributed by atoms with Gasteiger partial charge in [-0.3, -0.25) is 0 Å². The summed E-state index contributed by atoms with van der Waals surface area (Å²) in [6.07, 6.45) is -11.7. The second kappa shape index (κ2) is 14.5. The quantitative estimate of drug-likeness (QED) is 0.134. The summed E-state index contributed by atoms with van der Waals surface area (Å²) in [6.45, 7) is 1.73. The maximum absolute atomic E-state index is 14.6. The fourth-order valence-electron chi connectivity index (χ4n) is 7.51. The monoisotopic (exact) mass is 803 g/mol. The summed E-state index contributed by atoms with van der Waals surface area (Å²) >= 11 is 0. The Labute approximate surface area is 309 Å². The average molecular weight is 804 g/mol. The lowest BCUT2D eigenvalue weighted by atomic mass is 9.88. The predicted molar refractivity (Wildman–Crippen MR) is 178 cm³/mol. The van der Waals surface area contributed by atoms with E-state index in [1.165, 1.54) is 9.80 Å². The van der Waals surface area contributed by atoms with Crippen LogP contribution in [0.2, 0.25) is 0 Å². The van der Waals surface area contributed by atoms with E-state index in [9.17, 15) is 52.7 Å². The first-order valence-corrected chi connectivity index (χ1v) is 18.5. The van der Waals surface area contributed by atoms with E-state index >= 15 is 0 Å². The standard InChI is InChI=1S/C36H34F9N5O4S/c1-22-46-47-23(2)50(22)27-14-17-48(18-15-27)32(51)49-19-16-33(21-49,55(52,53)28-12-10-26(37)11-13-28)24-6-8-25(9-7-24)34(35(40,41)42,36(43,44)45)54-20-29-30(38)4-3-5-31(29)39/h3-13,27H,14-21H2,1-2H3/t33-/m0/s1. The third kappa shape index (κ3) is 6.93. The summed E-state index contributed by atoms with van der Waals surface area (Å²) in [5.41, 5.74) is -8.09. The number of hydrogen-bond donors (Lipinski definition) is 0. The van der Waals surface area contributed by atoms with Crippen molar-refractivity contribution >= 4 is 15.9 Å². The number of benzene rings is 3. The van der Waals surface area contributed by atoms with Crippen LogP contribution in [-0.4, -0.2) is 77.5 Å². The fraction of sp³-hybridized carbons (Fsp3) is 0.417. The number of carbonyl (C=O) groups excluding carboxylic acids is 1. The Hall–Kier alpha value is -4.65. The molecule has 2 amide bonds. The number of aryl methyl sites for hydroxylation is 2. The molecule has 3 aromatic carbocycles. The van der Waals surface area contributed by atoms with E-state index in [4.69, 9.17) is 0 Å². The van der Waals surface area contributed by atoms with Crippen molar-refractivity contribution in [1.82, 2.24) is 24.6 Å². The molecule has 2 aliphatic rings. The van der Waals surface area contributed by atoms with Gasteiger partial charge in [-0.15, -0.1) is 10.2 Å². The van der Waals surface area contributed by atoms with Crippen LogP contribution in [-0.2, 0) is 31.5 Å². The van der Waals surface area contributed by atoms with E-state index < -0.39 is 85.2 Å². The molecule has 0 unspecified atom stereocenters. The van der Waals surface area contributed by atoms with Crippen LogP contribution in [0.3, 0.4) is 0 Å².